The van der Waals surface area contributed by atoms with Gasteiger partial charge in [-0.3, -0.25) is 0 Å². The number of fused-ring (bicyclic) bond motifs is 5. The minimum atomic E-state index is 0.927. The Morgan fingerprint density at radius 3 is 2.77 bits per heavy atom. The number of allylic oxidation sites excluding steroid dienone is 2. The highest BCUT2D eigenvalue weighted by molar-refractivity contribution is 5.14. The molecule has 2 saturated carbocycles. The lowest BCUT2D eigenvalue weighted by Gasteiger charge is -2.33. The van der Waals surface area contributed by atoms with E-state index in [0.29, 0.717) is 0 Å². The van der Waals surface area contributed by atoms with E-state index in [1.165, 1.54) is 12.8 Å². The summed E-state index contributed by atoms with van der Waals surface area (Å²) in [5, 5.41) is 0. The van der Waals surface area contributed by atoms with Gasteiger partial charge in [0, 0.05) is 0 Å². The van der Waals surface area contributed by atoms with Gasteiger partial charge in [-0.15, -0.1) is 0 Å². The van der Waals surface area contributed by atoms with Crippen LogP contribution in [0.25, 0.3) is 0 Å². The molecule has 2 fully saturated rings. The second-order valence-electron chi connectivity index (χ2n) is 5.71. The maximum Gasteiger partial charge on any atom is -0.0171 e. The third-order valence-corrected chi connectivity index (χ3v) is 4.91. The monoisotopic (exact) mass is 176 g/mol. The first-order chi connectivity index (χ1) is 6.27. The molecule has 2 bridgehead atoms. The summed E-state index contributed by atoms with van der Waals surface area (Å²) in [6.07, 6.45) is 9.45. The molecule has 0 N–H and O–H groups in total. The zero-order chi connectivity index (χ0) is 9.00. The molecule has 0 spiro atoms. The van der Waals surface area contributed by atoms with E-state index < -0.39 is 0 Å². The van der Waals surface area contributed by atoms with Gasteiger partial charge < -0.3 is 0 Å². The van der Waals surface area contributed by atoms with Crippen LogP contribution in [0.15, 0.2) is 12.2 Å². The Balaban J connectivity index is 1.84. The van der Waals surface area contributed by atoms with Crippen LogP contribution in [0, 0.1) is 35.5 Å². The third kappa shape index (κ3) is 0.978. The lowest BCUT2D eigenvalue weighted by molar-refractivity contribution is 0.164. The predicted molar refractivity (Wildman–Crippen MR) is 55.3 cm³/mol. The van der Waals surface area contributed by atoms with Gasteiger partial charge in [0.15, 0.2) is 0 Å². The smallest absolute Gasteiger partial charge is 0.0171 e. The molecule has 0 aromatic rings. The van der Waals surface area contributed by atoms with E-state index >= 15 is 0 Å². The lowest BCUT2D eigenvalue weighted by atomic mass is 9.71. The van der Waals surface area contributed by atoms with Crippen molar-refractivity contribution in [3.63, 3.8) is 0 Å². The molecule has 3 aliphatic carbocycles. The van der Waals surface area contributed by atoms with Crippen LogP contribution < -0.4 is 0 Å². The van der Waals surface area contributed by atoms with Crippen molar-refractivity contribution in [2.75, 3.05) is 0 Å². The third-order valence-electron chi connectivity index (χ3n) is 4.91. The van der Waals surface area contributed by atoms with Gasteiger partial charge in [0.05, 0.1) is 0 Å². The fourth-order valence-corrected chi connectivity index (χ4v) is 4.38. The predicted octanol–water partition coefficient (Wildman–Crippen LogP) is 3.49. The van der Waals surface area contributed by atoms with Gasteiger partial charge >= 0.3 is 0 Å². The SMILES string of the molecule is CC(C)C1CC2CC1C1CC=CC21. The van der Waals surface area contributed by atoms with E-state index in [0.717, 1.165) is 35.5 Å². The van der Waals surface area contributed by atoms with Crippen LogP contribution in [0.2, 0.25) is 0 Å². The molecule has 0 aromatic heterocycles. The quantitative estimate of drug-likeness (QED) is 0.536. The first-order valence-corrected chi connectivity index (χ1v) is 5.94. The molecule has 0 nitrogen and oxygen atoms in total. The molecule has 5 unspecified atom stereocenters. The van der Waals surface area contributed by atoms with Crippen molar-refractivity contribution in [3.8, 4) is 0 Å². The molecule has 5 atom stereocenters. The molecule has 0 heterocycles. The van der Waals surface area contributed by atoms with E-state index in [1.807, 2.05) is 0 Å². The molecule has 0 heteroatoms. The fraction of sp³-hybridized carbons (Fsp3) is 0.846. The van der Waals surface area contributed by atoms with E-state index in [2.05, 4.69) is 26.0 Å². The van der Waals surface area contributed by atoms with Crippen LogP contribution in [-0.2, 0) is 0 Å². The average Bonchev–Trinajstić information content (AvgIpc) is 2.75. The molecule has 3 rings (SSSR count). The van der Waals surface area contributed by atoms with Crippen molar-refractivity contribution in [1.82, 2.24) is 0 Å². The molecule has 0 aromatic carbocycles. The first-order valence-electron chi connectivity index (χ1n) is 5.94. The van der Waals surface area contributed by atoms with Crippen molar-refractivity contribution >= 4 is 0 Å². The van der Waals surface area contributed by atoms with Gasteiger partial charge in [0.2, 0.25) is 0 Å². The van der Waals surface area contributed by atoms with Crippen LogP contribution in [0.5, 0.6) is 0 Å². The van der Waals surface area contributed by atoms with Crippen molar-refractivity contribution in [2.24, 2.45) is 35.5 Å². The molecular formula is C13H20. The Kier molecular flexibility index (Phi) is 1.63. The average molecular weight is 176 g/mol. The number of hydrogen-bond acceptors (Lipinski definition) is 0. The largest absolute Gasteiger partial charge is 0.0879 e. The van der Waals surface area contributed by atoms with Crippen molar-refractivity contribution in [3.05, 3.63) is 12.2 Å². The molecule has 72 valence electrons. The van der Waals surface area contributed by atoms with Crippen molar-refractivity contribution in [2.45, 2.75) is 33.1 Å². The Bertz CT molecular complexity index is 236. The van der Waals surface area contributed by atoms with Crippen LogP contribution in [0.1, 0.15) is 33.1 Å². The van der Waals surface area contributed by atoms with Gasteiger partial charge in [0.25, 0.3) is 0 Å². The molecule has 0 radical (unpaired) electrons. The number of rotatable bonds is 1. The maximum atomic E-state index is 2.52. The van der Waals surface area contributed by atoms with E-state index in [4.69, 9.17) is 0 Å². The molecule has 0 aliphatic heterocycles. The highest BCUT2D eigenvalue weighted by Crippen LogP contribution is 2.60. The summed E-state index contributed by atoms with van der Waals surface area (Å²) in [6.45, 7) is 4.84. The Morgan fingerprint density at radius 2 is 2.00 bits per heavy atom. The van der Waals surface area contributed by atoms with E-state index in [9.17, 15) is 0 Å². The normalized spacial score (nSPS) is 52.1. The van der Waals surface area contributed by atoms with Crippen LogP contribution in [0.4, 0.5) is 0 Å². The maximum absolute atomic E-state index is 2.52. The first kappa shape index (κ1) is 8.08. The van der Waals surface area contributed by atoms with Crippen molar-refractivity contribution in [1.29, 1.82) is 0 Å². The van der Waals surface area contributed by atoms with Crippen LogP contribution in [0.3, 0.4) is 0 Å². The lowest BCUT2D eigenvalue weighted by Crippen LogP contribution is -2.27. The highest BCUT2D eigenvalue weighted by Gasteiger charge is 2.52. The summed E-state index contributed by atoms with van der Waals surface area (Å²) in [4.78, 5) is 0. The summed E-state index contributed by atoms with van der Waals surface area (Å²) in [5.41, 5.74) is 0. The molecule has 13 heavy (non-hydrogen) atoms. The second kappa shape index (κ2) is 2.62. The summed E-state index contributed by atoms with van der Waals surface area (Å²) in [5.74, 6) is 6.21. The van der Waals surface area contributed by atoms with Crippen LogP contribution >= 0.6 is 0 Å². The Labute approximate surface area is 81.4 Å². The zero-order valence-corrected chi connectivity index (χ0v) is 8.74. The van der Waals surface area contributed by atoms with Gasteiger partial charge in [0.1, 0.15) is 0 Å². The Hall–Kier alpha value is -0.260. The number of hydrogen-bond donors (Lipinski definition) is 0. The summed E-state index contributed by atoms with van der Waals surface area (Å²) < 4.78 is 0. The minimum Gasteiger partial charge on any atom is -0.0879 e. The molecule has 0 saturated heterocycles. The van der Waals surface area contributed by atoms with Gasteiger partial charge in [-0.2, -0.15) is 0 Å². The summed E-state index contributed by atoms with van der Waals surface area (Å²) in [6, 6.07) is 0. The molecule has 0 amide bonds. The van der Waals surface area contributed by atoms with E-state index in [-0.39, 0.29) is 0 Å². The van der Waals surface area contributed by atoms with Crippen LogP contribution in [-0.4, -0.2) is 0 Å². The van der Waals surface area contributed by atoms with Gasteiger partial charge in [-0.25, -0.2) is 0 Å². The second-order valence-corrected chi connectivity index (χ2v) is 5.71. The molecular weight excluding hydrogens is 156 g/mol. The topological polar surface area (TPSA) is 0 Å². The summed E-state index contributed by atoms with van der Waals surface area (Å²) in [7, 11) is 0. The van der Waals surface area contributed by atoms with Gasteiger partial charge in [-0.05, 0) is 54.8 Å². The zero-order valence-electron chi connectivity index (χ0n) is 8.74. The van der Waals surface area contributed by atoms with Crippen molar-refractivity contribution < 1.29 is 0 Å². The minimum absolute atomic E-state index is 0.927. The van der Waals surface area contributed by atoms with E-state index in [1.54, 1.807) is 6.42 Å². The van der Waals surface area contributed by atoms with Gasteiger partial charge in [-0.1, -0.05) is 26.0 Å². The Morgan fingerprint density at radius 1 is 1.15 bits per heavy atom. The standard InChI is InChI=1S/C13H20/c1-8(2)12-6-9-7-13(12)11-5-3-4-10(9)11/h3-4,8-13H,5-7H2,1-2H3. The highest BCUT2D eigenvalue weighted by atomic mass is 14.6. The molecule has 3 aliphatic rings. The summed E-state index contributed by atoms with van der Waals surface area (Å²) >= 11 is 0. The fourth-order valence-electron chi connectivity index (χ4n) is 4.38.